The minimum atomic E-state index is -0.737. The SMILES string of the molecule is CCCCN(C(=O)N1CCC(C(=O)O)CC1C)C(C)CC. The maximum absolute atomic E-state index is 12.8. The Labute approximate surface area is 128 Å². The molecule has 0 aromatic heterocycles. The molecule has 0 bridgehead atoms. The Morgan fingerprint density at radius 1 is 1.38 bits per heavy atom. The van der Waals surface area contributed by atoms with Crippen LogP contribution < -0.4 is 0 Å². The Morgan fingerprint density at radius 3 is 2.52 bits per heavy atom. The van der Waals surface area contributed by atoms with Crippen LogP contribution in [0.1, 0.15) is 59.8 Å². The van der Waals surface area contributed by atoms with Crippen LogP contribution in [0, 0.1) is 5.92 Å². The molecule has 0 aliphatic carbocycles. The molecule has 2 amide bonds. The second-order valence-corrected chi connectivity index (χ2v) is 6.19. The third-order valence-corrected chi connectivity index (χ3v) is 4.59. The number of nitrogens with zero attached hydrogens (tertiary/aromatic N) is 2. The lowest BCUT2D eigenvalue weighted by atomic mass is 9.92. The van der Waals surface area contributed by atoms with Gasteiger partial charge >= 0.3 is 12.0 Å². The van der Waals surface area contributed by atoms with E-state index in [9.17, 15) is 9.59 Å². The summed E-state index contributed by atoms with van der Waals surface area (Å²) in [7, 11) is 0. The number of rotatable bonds is 6. The first-order valence-electron chi connectivity index (χ1n) is 8.22. The molecule has 1 aliphatic heterocycles. The second kappa shape index (κ2) is 8.25. The summed E-state index contributed by atoms with van der Waals surface area (Å²) in [5, 5.41) is 9.12. The molecule has 1 rings (SSSR count). The maximum atomic E-state index is 12.8. The number of carbonyl (C=O) groups is 2. The van der Waals surface area contributed by atoms with Gasteiger partial charge in [-0.25, -0.2) is 4.79 Å². The summed E-state index contributed by atoms with van der Waals surface area (Å²) in [5.41, 5.74) is 0. The molecule has 5 nitrogen and oxygen atoms in total. The van der Waals surface area contributed by atoms with E-state index < -0.39 is 5.97 Å². The number of aliphatic carboxylic acids is 1. The molecule has 3 atom stereocenters. The molecule has 0 aromatic rings. The molecule has 122 valence electrons. The normalized spacial score (nSPS) is 23.7. The van der Waals surface area contributed by atoms with Gasteiger partial charge in [0.15, 0.2) is 0 Å². The number of unbranched alkanes of at least 4 members (excludes halogenated alkanes) is 1. The zero-order valence-corrected chi connectivity index (χ0v) is 13.8. The molecule has 1 N–H and O–H groups in total. The molecule has 21 heavy (non-hydrogen) atoms. The maximum Gasteiger partial charge on any atom is 0.320 e. The minimum absolute atomic E-state index is 0.000493. The van der Waals surface area contributed by atoms with Crippen LogP contribution in [0.25, 0.3) is 0 Å². The summed E-state index contributed by atoms with van der Waals surface area (Å²) >= 11 is 0. The lowest BCUT2D eigenvalue weighted by Gasteiger charge is -2.41. The average Bonchev–Trinajstić information content (AvgIpc) is 2.46. The number of carboxylic acids is 1. The zero-order valence-electron chi connectivity index (χ0n) is 13.8. The fourth-order valence-corrected chi connectivity index (χ4v) is 2.90. The number of likely N-dealkylation sites (tertiary alicyclic amines) is 1. The van der Waals surface area contributed by atoms with Crippen LogP contribution in [0.4, 0.5) is 4.79 Å². The van der Waals surface area contributed by atoms with E-state index in [0.29, 0.717) is 19.4 Å². The van der Waals surface area contributed by atoms with Crippen molar-refractivity contribution in [2.45, 2.75) is 71.9 Å². The average molecular weight is 298 g/mol. The largest absolute Gasteiger partial charge is 0.481 e. The fourth-order valence-electron chi connectivity index (χ4n) is 2.90. The molecule has 0 spiro atoms. The van der Waals surface area contributed by atoms with Crippen LogP contribution in [-0.4, -0.2) is 52.1 Å². The number of piperidine rings is 1. The van der Waals surface area contributed by atoms with E-state index >= 15 is 0 Å². The van der Waals surface area contributed by atoms with Crippen molar-refractivity contribution >= 4 is 12.0 Å². The van der Waals surface area contributed by atoms with Crippen LogP contribution in [-0.2, 0) is 4.79 Å². The number of carboxylic acid groups (broad SMARTS) is 1. The fraction of sp³-hybridized carbons (Fsp3) is 0.875. The molecular formula is C16H30N2O3. The van der Waals surface area contributed by atoms with Crippen LogP contribution in [0.3, 0.4) is 0 Å². The number of carbonyl (C=O) groups excluding carboxylic acids is 1. The number of amides is 2. The molecule has 1 fully saturated rings. The standard InChI is InChI=1S/C16H30N2O3/c1-5-7-9-17(12(3)6-2)16(21)18-10-8-14(15(19)20)11-13(18)4/h12-14H,5-11H2,1-4H3,(H,19,20). The smallest absolute Gasteiger partial charge is 0.320 e. The van der Waals surface area contributed by atoms with Gasteiger partial charge in [-0.3, -0.25) is 4.79 Å². The van der Waals surface area contributed by atoms with Crippen molar-refractivity contribution in [3.8, 4) is 0 Å². The Bertz CT molecular complexity index is 359. The predicted octanol–water partition coefficient (Wildman–Crippen LogP) is 3.19. The van der Waals surface area contributed by atoms with Crippen LogP contribution >= 0.6 is 0 Å². The highest BCUT2D eigenvalue weighted by atomic mass is 16.4. The Morgan fingerprint density at radius 2 is 2.05 bits per heavy atom. The van der Waals surface area contributed by atoms with E-state index in [1.54, 1.807) is 0 Å². The van der Waals surface area contributed by atoms with E-state index in [1.807, 2.05) is 16.7 Å². The van der Waals surface area contributed by atoms with Gasteiger partial charge in [0.1, 0.15) is 0 Å². The third kappa shape index (κ3) is 4.61. The van der Waals surface area contributed by atoms with Gasteiger partial charge in [0.25, 0.3) is 0 Å². The minimum Gasteiger partial charge on any atom is -0.481 e. The van der Waals surface area contributed by atoms with Gasteiger partial charge in [0.2, 0.25) is 0 Å². The van der Waals surface area contributed by atoms with E-state index in [4.69, 9.17) is 5.11 Å². The van der Waals surface area contributed by atoms with E-state index in [0.717, 1.165) is 25.8 Å². The predicted molar refractivity (Wildman–Crippen MR) is 83.3 cm³/mol. The zero-order chi connectivity index (χ0) is 16.0. The lowest BCUT2D eigenvalue weighted by Crippen LogP contribution is -2.53. The number of hydrogen-bond donors (Lipinski definition) is 1. The van der Waals surface area contributed by atoms with Crippen molar-refractivity contribution in [1.29, 1.82) is 0 Å². The summed E-state index contributed by atoms with van der Waals surface area (Å²) in [6.45, 7) is 9.60. The van der Waals surface area contributed by atoms with Gasteiger partial charge in [-0.2, -0.15) is 0 Å². The van der Waals surface area contributed by atoms with Crippen LogP contribution in [0.5, 0.6) is 0 Å². The highest BCUT2D eigenvalue weighted by Crippen LogP contribution is 2.25. The van der Waals surface area contributed by atoms with Crippen molar-refractivity contribution in [3.63, 3.8) is 0 Å². The highest BCUT2D eigenvalue weighted by Gasteiger charge is 2.34. The summed E-state index contributed by atoms with van der Waals surface area (Å²) in [5.74, 6) is -1.05. The first-order valence-corrected chi connectivity index (χ1v) is 8.22. The summed E-state index contributed by atoms with van der Waals surface area (Å²) in [6, 6.07) is 0.308. The van der Waals surface area contributed by atoms with Gasteiger partial charge < -0.3 is 14.9 Å². The first-order chi connectivity index (χ1) is 9.92. The molecule has 1 heterocycles. The van der Waals surface area contributed by atoms with Crippen molar-refractivity contribution in [3.05, 3.63) is 0 Å². The first kappa shape index (κ1) is 17.8. The highest BCUT2D eigenvalue weighted by molar-refractivity contribution is 5.76. The van der Waals surface area contributed by atoms with Crippen molar-refractivity contribution in [2.24, 2.45) is 5.92 Å². The second-order valence-electron chi connectivity index (χ2n) is 6.19. The molecule has 1 saturated heterocycles. The Hall–Kier alpha value is -1.26. The van der Waals surface area contributed by atoms with Gasteiger partial charge in [-0.05, 0) is 39.5 Å². The molecule has 0 aromatic carbocycles. The number of urea groups is 1. The van der Waals surface area contributed by atoms with E-state index in [2.05, 4.69) is 20.8 Å². The van der Waals surface area contributed by atoms with Gasteiger partial charge in [0, 0.05) is 25.2 Å². The van der Waals surface area contributed by atoms with E-state index in [1.165, 1.54) is 0 Å². The van der Waals surface area contributed by atoms with Crippen molar-refractivity contribution < 1.29 is 14.7 Å². The van der Waals surface area contributed by atoms with Crippen LogP contribution in [0.2, 0.25) is 0 Å². The quantitative estimate of drug-likeness (QED) is 0.819. The Kier molecular flexibility index (Phi) is 6.99. The third-order valence-electron chi connectivity index (χ3n) is 4.59. The molecule has 5 heteroatoms. The topological polar surface area (TPSA) is 60.9 Å². The van der Waals surface area contributed by atoms with Crippen molar-refractivity contribution in [1.82, 2.24) is 9.80 Å². The van der Waals surface area contributed by atoms with Gasteiger partial charge in [-0.15, -0.1) is 0 Å². The number of hydrogen-bond acceptors (Lipinski definition) is 2. The molecular weight excluding hydrogens is 268 g/mol. The molecule has 1 aliphatic rings. The van der Waals surface area contributed by atoms with Gasteiger partial charge in [0.05, 0.1) is 5.92 Å². The molecule has 0 radical (unpaired) electrons. The summed E-state index contributed by atoms with van der Waals surface area (Å²) in [6.07, 6.45) is 4.14. The van der Waals surface area contributed by atoms with Crippen LogP contribution in [0.15, 0.2) is 0 Å². The molecule has 3 unspecified atom stereocenters. The lowest BCUT2D eigenvalue weighted by molar-refractivity contribution is -0.143. The summed E-state index contributed by atoms with van der Waals surface area (Å²) < 4.78 is 0. The van der Waals surface area contributed by atoms with Gasteiger partial charge in [-0.1, -0.05) is 20.3 Å². The molecule has 0 saturated carbocycles. The van der Waals surface area contributed by atoms with Crippen molar-refractivity contribution in [2.75, 3.05) is 13.1 Å². The summed E-state index contributed by atoms with van der Waals surface area (Å²) in [4.78, 5) is 27.7. The van der Waals surface area contributed by atoms with E-state index in [-0.39, 0.29) is 24.0 Å². The Balaban J connectivity index is 2.72. The monoisotopic (exact) mass is 298 g/mol.